The van der Waals surface area contributed by atoms with Crippen molar-refractivity contribution in [2.45, 2.75) is 25.6 Å². The molecule has 104 valence electrons. The van der Waals surface area contributed by atoms with E-state index < -0.39 is 24.1 Å². The number of aliphatic carboxylic acids is 1. The van der Waals surface area contributed by atoms with Crippen LogP contribution < -0.4 is 5.32 Å². The number of hydrogen-bond donors (Lipinski definition) is 2. The molecule has 0 spiro atoms. The maximum Gasteiger partial charge on any atom is 0.471 e. The predicted molar refractivity (Wildman–Crippen MR) is 60.5 cm³/mol. The van der Waals surface area contributed by atoms with E-state index in [0.29, 0.717) is 5.56 Å². The van der Waals surface area contributed by atoms with E-state index in [0.717, 1.165) is 5.56 Å². The van der Waals surface area contributed by atoms with E-state index in [-0.39, 0.29) is 6.42 Å². The third-order valence-electron chi connectivity index (χ3n) is 2.42. The first kappa shape index (κ1) is 15.0. The van der Waals surface area contributed by atoms with Crippen molar-refractivity contribution in [3.05, 3.63) is 35.4 Å². The number of aryl methyl sites for hydroxylation is 1. The second-order valence-corrected chi connectivity index (χ2v) is 4.05. The molecule has 2 N–H and O–H groups in total. The van der Waals surface area contributed by atoms with Gasteiger partial charge in [-0.2, -0.15) is 13.2 Å². The Hall–Kier alpha value is -2.05. The lowest BCUT2D eigenvalue weighted by molar-refractivity contribution is -0.175. The molecule has 0 radical (unpaired) electrons. The molecule has 1 aromatic rings. The first-order valence-electron chi connectivity index (χ1n) is 5.36. The number of carboxylic acids is 1. The van der Waals surface area contributed by atoms with E-state index in [1.165, 1.54) is 5.32 Å². The quantitative estimate of drug-likeness (QED) is 0.878. The summed E-state index contributed by atoms with van der Waals surface area (Å²) in [6.45, 7) is 1.82. The van der Waals surface area contributed by atoms with Crippen LogP contribution in [0.2, 0.25) is 0 Å². The summed E-state index contributed by atoms with van der Waals surface area (Å²) in [4.78, 5) is 21.6. The van der Waals surface area contributed by atoms with Gasteiger partial charge >= 0.3 is 18.1 Å². The maximum atomic E-state index is 12.1. The monoisotopic (exact) mass is 275 g/mol. The Morgan fingerprint density at radius 3 is 2.21 bits per heavy atom. The molecule has 0 fully saturated rings. The molecule has 4 nitrogen and oxygen atoms in total. The van der Waals surface area contributed by atoms with Crippen LogP contribution in [0.4, 0.5) is 13.2 Å². The normalized spacial score (nSPS) is 12.8. The molecule has 7 heteroatoms. The second kappa shape index (κ2) is 5.73. The van der Waals surface area contributed by atoms with Crippen molar-refractivity contribution in [1.29, 1.82) is 0 Å². The molecule has 0 aliphatic rings. The minimum absolute atomic E-state index is 0.211. The highest BCUT2D eigenvalue weighted by atomic mass is 19.4. The van der Waals surface area contributed by atoms with Gasteiger partial charge in [-0.25, -0.2) is 4.79 Å². The van der Waals surface area contributed by atoms with Crippen molar-refractivity contribution in [2.24, 2.45) is 0 Å². The highest BCUT2D eigenvalue weighted by Crippen LogP contribution is 2.15. The number of alkyl halides is 3. The Labute approximate surface area is 107 Å². The van der Waals surface area contributed by atoms with E-state index in [1.807, 2.05) is 6.92 Å². The summed E-state index contributed by atoms with van der Waals surface area (Å²) in [5.74, 6) is -3.77. The molecule has 0 saturated heterocycles. The van der Waals surface area contributed by atoms with Crippen LogP contribution in [-0.4, -0.2) is 29.2 Å². The van der Waals surface area contributed by atoms with E-state index >= 15 is 0 Å². The summed E-state index contributed by atoms with van der Waals surface area (Å²) >= 11 is 0. The number of hydrogen-bond acceptors (Lipinski definition) is 2. The topological polar surface area (TPSA) is 66.4 Å². The first-order chi connectivity index (χ1) is 8.70. The fourth-order valence-corrected chi connectivity index (χ4v) is 1.40. The third kappa shape index (κ3) is 4.61. The molecule has 0 bridgehead atoms. The van der Waals surface area contributed by atoms with Crippen LogP contribution in [-0.2, 0) is 16.0 Å². The molecule has 0 aliphatic carbocycles. The van der Waals surface area contributed by atoms with Crippen molar-refractivity contribution in [3.8, 4) is 0 Å². The molecule has 1 amide bonds. The second-order valence-electron chi connectivity index (χ2n) is 4.05. The summed E-state index contributed by atoms with van der Waals surface area (Å²) in [5.41, 5.74) is 1.47. The molecule has 0 saturated carbocycles. The highest BCUT2D eigenvalue weighted by Gasteiger charge is 2.40. The van der Waals surface area contributed by atoms with Crippen LogP contribution in [0.15, 0.2) is 24.3 Å². The number of halogens is 3. The van der Waals surface area contributed by atoms with Gasteiger partial charge in [0.1, 0.15) is 6.04 Å². The minimum Gasteiger partial charge on any atom is -0.480 e. The summed E-state index contributed by atoms with van der Waals surface area (Å²) in [5, 5.41) is 10.3. The number of benzene rings is 1. The van der Waals surface area contributed by atoms with Gasteiger partial charge in [0.05, 0.1) is 0 Å². The Balaban J connectivity index is 2.77. The van der Waals surface area contributed by atoms with E-state index in [1.54, 1.807) is 24.3 Å². The lowest BCUT2D eigenvalue weighted by Crippen LogP contribution is -2.47. The fourth-order valence-electron chi connectivity index (χ4n) is 1.40. The van der Waals surface area contributed by atoms with Crippen LogP contribution in [0.1, 0.15) is 11.1 Å². The van der Waals surface area contributed by atoms with Crippen molar-refractivity contribution in [2.75, 3.05) is 0 Å². The summed E-state index contributed by atoms with van der Waals surface area (Å²) < 4.78 is 36.2. The predicted octanol–water partition coefficient (Wildman–Crippen LogP) is 1.67. The number of carboxylic acid groups (broad SMARTS) is 1. The molecule has 19 heavy (non-hydrogen) atoms. The van der Waals surface area contributed by atoms with Crippen molar-refractivity contribution in [1.82, 2.24) is 5.32 Å². The SMILES string of the molecule is Cc1ccc(C[C@@H](NC(=O)C(F)(F)F)C(=O)O)cc1. The lowest BCUT2D eigenvalue weighted by atomic mass is 10.0. The average Bonchev–Trinajstić information content (AvgIpc) is 2.29. The fraction of sp³-hybridized carbons (Fsp3) is 0.333. The maximum absolute atomic E-state index is 12.1. The minimum atomic E-state index is -5.10. The number of carbonyl (C=O) groups is 2. The van der Waals surface area contributed by atoms with Gasteiger partial charge in [-0.1, -0.05) is 29.8 Å². The zero-order valence-corrected chi connectivity index (χ0v) is 9.99. The Morgan fingerprint density at radius 1 is 1.26 bits per heavy atom. The van der Waals surface area contributed by atoms with Crippen molar-refractivity contribution >= 4 is 11.9 Å². The van der Waals surface area contributed by atoms with Gasteiger partial charge in [-0.15, -0.1) is 0 Å². The number of nitrogens with one attached hydrogen (secondary N) is 1. The third-order valence-corrected chi connectivity index (χ3v) is 2.42. The molecule has 0 aliphatic heterocycles. The van der Waals surface area contributed by atoms with Gasteiger partial charge in [0.25, 0.3) is 0 Å². The Bertz CT molecular complexity index is 468. The van der Waals surface area contributed by atoms with Crippen molar-refractivity contribution in [3.63, 3.8) is 0 Å². The van der Waals surface area contributed by atoms with E-state index in [4.69, 9.17) is 5.11 Å². The van der Waals surface area contributed by atoms with Crippen LogP contribution in [0.3, 0.4) is 0 Å². The summed E-state index contributed by atoms with van der Waals surface area (Å²) in [6.07, 6.45) is -5.31. The van der Waals surface area contributed by atoms with E-state index in [2.05, 4.69) is 0 Å². The van der Waals surface area contributed by atoms with Gasteiger partial charge in [-0.3, -0.25) is 4.79 Å². The molecule has 0 unspecified atom stereocenters. The van der Waals surface area contributed by atoms with Gasteiger partial charge in [-0.05, 0) is 12.5 Å². The molecule has 1 rings (SSSR count). The van der Waals surface area contributed by atoms with Crippen molar-refractivity contribution < 1.29 is 27.9 Å². The molecule has 1 aromatic carbocycles. The molecule has 0 heterocycles. The number of carbonyl (C=O) groups excluding carboxylic acids is 1. The zero-order chi connectivity index (χ0) is 14.6. The molecule has 1 atom stereocenters. The van der Waals surface area contributed by atoms with Crippen LogP contribution in [0.25, 0.3) is 0 Å². The van der Waals surface area contributed by atoms with Crippen LogP contribution in [0.5, 0.6) is 0 Å². The van der Waals surface area contributed by atoms with Gasteiger partial charge < -0.3 is 10.4 Å². The van der Waals surface area contributed by atoms with Gasteiger partial charge in [0.15, 0.2) is 0 Å². The molecular formula is C12H12F3NO3. The number of amides is 1. The zero-order valence-electron chi connectivity index (χ0n) is 9.99. The average molecular weight is 275 g/mol. The number of rotatable bonds is 4. The van der Waals surface area contributed by atoms with Gasteiger partial charge in [0, 0.05) is 6.42 Å². The van der Waals surface area contributed by atoms with E-state index in [9.17, 15) is 22.8 Å². The smallest absolute Gasteiger partial charge is 0.471 e. The largest absolute Gasteiger partial charge is 0.480 e. The lowest BCUT2D eigenvalue weighted by Gasteiger charge is -2.15. The summed E-state index contributed by atoms with van der Waals surface area (Å²) in [6, 6.07) is 5.01. The highest BCUT2D eigenvalue weighted by molar-refractivity contribution is 5.87. The Kier molecular flexibility index (Phi) is 4.52. The van der Waals surface area contributed by atoms with Crippen LogP contribution >= 0.6 is 0 Å². The molecule has 0 aromatic heterocycles. The van der Waals surface area contributed by atoms with Crippen LogP contribution in [0, 0.1) is 6.92 Å². The molecular weight excluding hydrogens is 263 g/mol. The first-order valence-corrected chi connectivity index (χ1v) is 5.36. The standard InChI is InChI=1S/C12H12F3NO3/c1-7-2-4-8(5-3-7)6-9(10(17)18)16-11(19)12(13,14)15/h2-5,9H,6H2,1H3,(H,16,19)(H,17,18)/t9-/m1/s1. The summed E-state index contributed by atoms with van der Waals surface area (Å²) in [7, 11) is 0. The van der Waals surface area contributed by atoms with Gasteiger partial charge in [0.2, 0.25) is 0 Å². The Morgan fingerprint density at radius 2 is 1.79 bits per heavy atom.